The molecule has 3 atom stereocenters. The Morgan fingerprint density at radius 2 is 1.64 bits per heavy atom. The topological polar surface area (TPSA) is 126 Å². The quantitative estimate of drug-likeness (QED) is 0.193. The molecule has 296 valence electrons. The second kappa shape index (κ2) is 16.9. The summed E-state index contributed by atoms with van der Waals surface area (Å²) in [6.07, 6.45) is 3.02. The average molecular weight is 766 g/mol. The summed E-state index contributed by atoms with van der Waals surface area (Å²) in [6.45, 7) is 7.81. The Bertz CT molecular complexity index is 1960. The smallest absolute Gasteiger partial charge is 0.264 e. The van der Waals surface area contributed by atoms with Crippen LogP contribution in [0.2, 0.25) is 0 Å². The van der Waals surface area contributed by atoms with Gasteiger partial charge in [-0.25, -0.2) is 4.39 Å². The summed E-state index contributed by atoms with van der Waals surface area (Å²) >= 11 is 0. The van der Waals surface area contributed by atoms with Crippen LogP contribution in [0.25, 0.3) is 0 Å². The van der Waals surface area contributed by atoms with E-state index in [-0.39, 0.29) is 35.7 Å². The SMILES string of the molecule is Cc1cccc(F)c1CN1C[C@H](c2ccc(N3CCN(C(=O)CCCCCNc4cccc5c4C(=O)N(C4CCC(=O)NC4=O)C5=O)CC3)cc2)[C@@H](N(C)C)C1. The summed E-state index contributed by atoms with van der Waals surface area (Å²) in [5.41, 5.74) is 5.24. The van der Waals surface area contributed by atoms with Crippen LogP contribution in [0.5, 0.6) is 0 Å². The summed E-state index contributed by atoms with van der Waals surface area (Å²) < 4.78 is 14.6. The van der Waals surface area contributed by atoms with Gasteiger partial charge in [0.2, 0.25) is 17.7 Å². The molecule has 5 amide bonds. The molecule has 2 N–H and O–H groups in total. The summed E-state index contributed by atoms with van der Waals surface area (Å²) in [4.78, 5) is 73.4. The van der Waals surface area contributed by atoms with E-state index in [2.05, 4.69) is 63.7 Å². The number of likely N-dealkylation sites (tertiary alicyclic amines) is 1. The zero-order valence-corrected chi connectivity index (χ0v) is 32.6. The molecule has 0 bridgehead atoms. The minimum atomic E-state index is -1.00. The molecule has 4 heterocycles. The maximum atomic E-state index is 14.6. The minimum absolute atomic E-state index is 0.0721. The highest BCUT2D eigenvalue weighted by atomic mass is 19.1. The fraction of sp³-hybridized carbons (Fsp3) is 0.465. The van der Waals surface area contributed by atoms with Crippen molar-refractivity contribution in [3.63, 3.8) is 0 Å². The van der Waals surface area contributed by atoms with E-state index in [1.807, 2.05) is 17.9 Å². The van der Waals surface area contributed by atoms with Crippen molar-refractivity contribution in [3.8, 4) is 0 Å². The van der Waals surface area contributed by atoms with Crippen LogP contribution in [0.4, 0.5) is 15.8 Å². The summed E-state index contributed by atoms with van der Waals surface area (Å²) in [7, 11) is 4.24. The van der Waals surface area contributed by atoms with Crippen LogP contribution >= 0.6 is 0 Å². The molecule has 3 fully saturated rings. The lowest BCUT2D eigenvalue weighted by molar-refractivity contribution is -0.136. The van der Waals surface area contributed by atoms with Gasteiger partial charge >= 0.3 is 0 Å². The van der Waals surface area contributed by atoms with Crippen LogP contribution in [0.3, 0.4) is 0 Å². The first-order valence-electron chi connectivity index (χ1n) is 19.8. The number of piperidine rings is 1. The molecule has 4 aliphatic rings. The van der Waals surface area contributed by atoms with E-state index in [4.69, 9.17) is 0 Å². The molecule has 0 radical (unpaired) electrons. The highest BCUT2D eigenvalue weighted by molar-refractivity contribution is 6.25. The lowest BCUT2D eigenvalue weighted by atomic mass is 9.93. The van der Waals surface area contributed by atoms with E-state index in [0.29, 0.717) is 50.2 Å². The van der Waals surface area contributed by atoms with Crippen molar-refractivity contribution in [3.05, 3.63) is 94.3 Å². The number of benzene rings is 3. The number of unbranched alkanes of at least 4 members (excludes halogenated alkanes) is 2. The second-order valence-corrected chi connectivity index (χ2v) is 15.7. The molecule has 7 rings (SSSR count). The molecule has 0 aliphatic carbocycles. The van der Waals surface area contributed by atoms with Crippen molar-refractivity contribution in [2.45, 2.75) is 70.0 Å². The third kappa shape index (κ3) is 8.20. The minimum Gasteiger partial charge on any atom is -0.384 e. The van der Waals surface area contributed by atoms with Crippen LogP contribution < -0.4 is 15.5 Å². The number of imide groups is 2. The van der Waals surface area contributed by atoms with Crippen LogP contribution in [-0.2, 0) is 20.9 Å². The van der Waals surface area contributed by atoms with Gasteiger partial charge in [-0.05, 0) is 81.7 Å². The van der Waals surface area contributed by atoms with Gasteiger partial charge < -0.3 is 20.0 Å². The summed E-state index contributed by atoms with van der Waals surface area (Å²) in [5, 5.41) is 5.50. The predicted octanol–water partition coefficient (Wildman–Crippen LogP) is 4.39. The van der Waals surface area contributed by atoms with Gasteiger partial charge in [0, 0.05) is 94.1 Å². The number of anilines is 2. The normalized spacial score (nSPS) is 21.6. The number of amides is 5. The van der Waals surface area contributed by atoms with Gasteiger partial charge in [0.1, 0.15) is 11.9 Å². The van der Waals surface area contributed by atoms with Gasteiger partial charge in [-0.15, -0.1) is 0 Å². The third-order valence-corrected chi connectivity index (χ3v) is 11.9. The Kier molecular flexibility index (Phi) is 11.8. The summed E-state index contributed by atoms with van der Waals surface area (Å²) in [5.74, 6) is -1.75. The Morgan fingerprint density at radius 3 is 2.36 bits per heavy atom. The maximum absolute atomic E-state index is 14.6. The number of fused-ring (bicyclic) bond motifs is 1. The van der Waals surface area contributed by atoms with Crippen molar-refractivity contribution in [1.29, 1.82) is 0 Å². The van der Waals surface area contributed by atoms with E-state index in [9.17, 15) is 28.4 Å². The molecule has 12 nitrogen and oxygen atoms in total. The van der Waals surface area contributed by atoms with Crippen molar-refractivity contribution in [1.82, 2.24) is 24.9 Å². The molecular weight excluding hydrogens is 714 g/mol. The van der Waals surface area contributed by atoms with E-state index < -0.39 is 29.7 Å². The van der Waals surface area contributed by atoms with Gasteiger partial charge in [0.05, 0.1) is 11.1 Å². The first kappa shape index (κ1) is 39.1. The standard InChI is InChI=1S/C43H52FN7O5/c1-28-9-7-11-34(44)32(28)25-48-26-33(37(27-48)47(2)3)29-14-16-30(17-15-29)49-21-23-50(24-22-49)39(53)13-5-4-6-20-45-35-12-8-10-31-40(35)43(56)51(42(31)55)36-18-19-38(52)46-41(36)54/h7-12,14-17,33,36-37,45H,4-6,13,18-27H2,1-3H3,(H,46,52,54)/t33-,36?,37+/m1/s1. The fourth-order valence-corrected chi connectivity index (χ4v) is 8.70. The van der Waals surface area contributed by atoms with Gasteiger partial charge in [-0.1, -0.05) is 36.8 Å². The number of likely N-dealkylation sites (N-methyl/N-ethyl adjacent to an activating group) is 1. The van der Waals surface area contributed by atoms with Gasteiger partial charge in [0.25, 0.3) is 11.8 Å². The van der Waals surface area contributed by atoms with Crippen molar-refractivity contribution in [2.24, 2.45) is 0 Å². The molecule has 13 heteroatoms. The lowest BCUT2D eigenvalue weighted by Gasteiger charge is -2.36. The van der Waals surface area contributed by atoms with Crippen LogP contribution in [-0.4, -0.2) is 121 Å². The molecule has 0 saturated carbocycles. The molecule has 0 spiro atoms. The average Bonchev–Trinajstić information content (AvgIpc) is 3.73. The maximum Gasteiger partial charge on any atom is 0.264 e. The molecule has 56 heavy (non-hydrogen) atoms. The summed E-state index contributed by atoms with van der Waals surface area (Å²) in [6, 6.07) is 18.5. The Morgan fingerprint density at radius 1 is 0.893 bits per heavy atom. The molecular formula is C43H52FN7O5. The van der Waals surface area contributed by atoms with E-state index >= 15 is 0 Å². The Hall–Kier alpha value is -5.14. The van der Waals surface area contributed by atoms with E-state index in [0.717, 1.165) is 67.2 Å². The molecule has 1 unspecified atom stereocenters. The van der Waals surface area contributed by atoms with Gasteiger partial charge in [-0.3, -0.25) is 39.1 Å². The molecule has 3 saturated heterocycles. The number of carbonyl (C=O) groups is 5. The van der Waals surface area contributed by atoms with Gasteiger partial charge in [-0.2, -0.15) is 0 Å². The fourth-order valence-electron chi connectivity index (χ4n) is 8.70. The number of carbonyl (C=O) groups excluding carboxylic acids is 5. The second-order valence-electron chi connectivity index (χ2n) is 15.7. The molecule has 4 aliphatic heterocycles. The van der Waals surface area contributed by atoms with E-state index in [1.165, 1.54) is 5.56 Å². The monoisotopic (exact) mass is 765 g/mol. The van der Waals surface area contributed by atoms with Crippen molar-refractivity contribution < 1.29 is 28.4 Å². The first-order chi connectivity index (χ1) is 27.0. The highest BCUT2D eigenvalue weighted by Crippen LogP contribution is 2.34. The largest absolute Gasteiger partial charge is 0.384 e. The van der Waals surface area contributed by atoms with Crippen molar-refractivity contribution in [2.75, 3.05) is 70.1 Å². The molecule has 0 aromatic heterocycles. The molecule has 3 aromatic carbocycles. The third-order valence-electron chi connectivity index (χ3n) is 11.9. The van der Waals surface area contributed by atoms with Crippen LogP contribution in [0, 0.1) is 12.7 Å². The predicted molar refractivity (Wildman–Crippen MR) is 212 cm³/mol. The van der Waals surface area contributed by atoms with Gasteiger partial charge in [0.15, 0.2) is 0 Å². The number of halogens is 1. The van der Waals surface area contributed by atoms with Crippen molar-refractivity contribution >= 4 is 40.9 Å². The number of nitrogens with one attached hydrogen (secondary N) is 2. The molecule has 3 aromatic rings. The number of rotatable bonds is 13. The number of piperazine rings is 1. The Balaban J connectivity index is 0.834. The number of hydrogen-bond donors (Lipinski definition) is 2. The number of aryl methyl sites for hydroxylation is 1. The zero-order valence-electron chi connectivity index (χ0n) is 32.6. The number of hydrogen-bond acceptors (Lipinski definition) is 9. The number of nitrogens with zero attached hydrogens (tertiary/aromatic N) is 5. The highest BCUT2D eigenvalue weighted by Gasteiger charge is 2.45. The first-order valence-corrected chi connectivity index (χ1v) is 19.8. The zero-order chi connectivity index (χ0) is 39.5. The van der Waals surface area contributed by atoms with Crippen LogP contribution in [0.15, 0.2) is 60.7 Å². The lowest BCUT2D eigenvalue weighted by Crippen LogP contribution is -2.54. The van der Waals surface area contributed by atoms with Crippen LogP contribution in [0.1, 0.15) is 81.8 Å². The Labute approximate surface area is 328 Å². The van der Waals surface area contributed by atoms with E-state index in [1.54, 1.807) is 30.3 Å².